The monoisotopic (exact) mass is 351 g/mol. The number of hydrogen-bond acceptors (Lipinski definition) is 4. The molecular formula is C17H18ClNO3S. The predicted octanol–water partition coefficient (Wildman–Crippen LogP) is 3.19. The summed E-state index contributed by atoms with van der Waals surface area (Å²) in [5, 5.41) is 16.3. The summed E-state index contributed by atoms with van der Waals surface area (Å²) in [5.41, 5.74) is -0.968. The summed E-state index contributed by atoms with van der Waals surface area (Å²) in [7, 11) is 0. The van der Waals surface area contributed by atoms with Crippen molar-refractivity contribution in [3.8, 4) is 5.75 Å². The SMILES string of the molecule is O=C(COc1ccc(Cl)cc1)NCC(O)(c1cccs1)C1CC1. The molecule has 1 atom stereocenters. The molecule has 1 aromatic heterocycles. The summed E-state index contributed by atoms with van der Waals surface area (Å²) < 4.78 is 5.41. The minimum absolute atomic E-state index is 0.0905. The molecule has 0 radical (unpaired) electrons. The number of thiophene rings is 1. The van der Waals surface area contributed by atoms with Crippen molar-refractivity contribution < 1.29 is 14.6 Å². The second kappa shape index (κ2) is 6.91. The number of ether oxygens (including phenoxy) is 1. The van der Waals surface area contributed by atoms with Gasteiger partial charge in [0.15, 0.2) is 6.61 Å². The molecule has 6 heteroatoms. The standard InChI is InChI=1S/C17H18ClNO3S/c18-13-5-7-14(8-6-13)22-10-16(20)19-11-17(21,12-3-4-12)15-2-1-9-23-15/h1-2,5-9,12,21H,3-4,10-11H2,(H,19,20). The van der Waals surface area contributed by atoms with Crippen molar-refractivity contribution in [1.29, 1.82) is 0 Å². The Kier molecular flexibility index (Phi) is 4.90. The molecule has 1 fully saturated rings. The highest BCUT2D eigenvalue weighted by Gasteiger charge is 2.45. The summed E-state index contributed by atoms with van der Waals surface area (Å²) in [6, 6.07) is 10.7. The molecule has 122 valence electrons. The van der Waals surface area contributed by atoms with E-state index in [-0.39, 0.29) is 25.0 Å². The molecule has 2 aromatic rings. The lowest BCUT2D eigenvalue weighted by atomic mass is 9.95. The maximum absolute atomic E-state index is 12.0. The maximum Gasteiger partial charge on any atom is 0.258 e. The molecule has 2 N–H and O–H groups in total. The maximum atomic E-state index is 12.0. The highest BCUT2D eigenvalue weighted by molar-refractivity contribution is 7.10. The minimum Gasteiger partial charge on any atom is -0.484 e. The van der Waals surface area contributed by atoms with Gasteiger partial charge in [-0.15, -0.1) is 11.3 Å². The van der Waals surface area contributed by atoms with Gasteiger partial charge in [-0.1, -0.05) is 17.7 Å². The van der Waals surface area contributed by atoms with E-state index in [1.807, 2.05) is 17.5 Å². The molecule has 1 saturated carbocycles. The van der Waals surface area contributed by atoms with Crippen LogP contribution in [0.5, 0.6) is 5.75 Å². The molecule has 23 heavy (non-hydrogen) atoms. The van der Waals surface area contributed by atoms with E-state index < -0.39 is 5.60 Å². The van der Waals surface area contributed by atoms with Crippen LogP contribution in [0.25, 0.3) is 0 Å². The lowest BCUT2D eigenvalue weighted by molar-refractivity contribution is -0.124. The van der Waals surface area contributed by atoms with Crippen LogP contribution in [-0.4, -0.2) is 24.2 Å². The summed E-state index contributed by atoms with van der Waals surface area (Å²) in [4.78, 5) is 12.9. The van der Waals surface area contributed by atoms with Crippen molar-refractivity contribution in [1.82, 2.24) is 5.32 Å². The highest BCUT2D eigenvalue weighted by atomic mass is 35.5. The van der Waals surface area contributed by atoms with Gasteiger partial charge in [0.1, 0.15) is 11.4 Å². The number of amides is 1. The fourth-order valence-corrected chi connectivity index (χ4v) is 3.51. The van der Waals surface area contributed by atoms with Crippen molar-refractivity contribution >= 4 is 28.8 Å². The number of benzene rings is 1. The number of nitrogens with one attached hydrogen (secondary N) is 1. The van der Waals surface area contributed by atoms with Gasteiger partial charge in [-0.3, -0.25) is 4.79 Å². The molecule has 4 nitrogen and oxygen atoms in total. The Morgan fingerprint density at radius 1 is 1.35 bits per heavy atom. The number of hydrogen-bond donors (Lipinski definition) is 2. The van der Waals surface area contributed by atoms with Gasteiger partial charge < -0.3 is 15.2 Å². The number of halogens is 1. The first-order valence-electron chi connectivity index (χ1n) is 7.49. The van der Waals surface area contributed by atoms with Gasteiger partial charge >= 0.3 is 0 Å². The van der Waals surface area contributed by atoms with Crippen molar-refractivity contribution in [2.24, 2.45) is 5.92 Å². The van der Waals surface area contributed by atoms with Crippen molar-refractivity contribution in [2.45, 2.75) is 18.4 Å². The third kappa shape index (κ3) is 4.05. The summed E-state index contributed by atoms with van der Waals surface area (Å²) in [5.74, 6) is 0.550. The molecule has 0 saturated heterocycles. The Bertz CT molecular complexity index is 655. The molecular weight excluding hydrogens is 334 g/mol. The summed E-state index contributed by atoms with van der Waals surface area (Å²) in [6.07, 6.45) is 1.98. The molecule has 1 unspecified atom stereocenters. The topological polar surface area (TPSA) is 58.6 Å². The fraction of sp³-hybridized carbons (Fsp3) is 0.353. The average molecular weight is 352 g/mol. The largest absolute Gasteiger partial charge is 0.484 e. The Morgan fingerprint density at radius 2 is 2.09 bits per heavy atom. The van der Waals surface area contributed by atoms with Crippen LogP contribution in [0.3, 0.4) is 0 Å². The molecule has 1 heterocycles. The number of aliphatic hydroxyl groups is 1. The van der Waals surface area contributed by atoms with Gasteiger partial charge in [0, 0.05) is 9.90 Å². The third-order valence-electron chi connectivity index (χ3n) is 3.94. The molecule has 1 aliphatic carbocycles. The minimum atomic E-state index is -0.968. The van der Waals surface area contributed by atoms with E-state index in [4.69, 9.17) is 16.3 Å². The molecule has 0 aliphatic heterocycles. The van der Waals surface area contributed by atoms with E-state index >= 15 is 0 Å². The highest BCUT2D eigenvalue weighted by Crippen LogP contribution is 2.46. The van der Waals surface area contributed by atoms with Crippen LogP contribution in [0.15, 0.2) is 41.8 Å². The van der Waals surface area contributed by atoms with Gasteiger partial charge in [-0.2, -0.15) is 0 Å². The van der Waals surface area contributed by atoms with Crippen molar-refractivity contribution in [3.05, 3.63) is 51.7 Å². The number of carbonyl (C=O) groups excluding carboxylic acids is 1. The third-order valence-corrected chi connectivity index (χ3v) is 5.23. The first kappa shape index (κ1) is 16.3. The molecule has 3 rings (SSSR count). The molecule has 0 bridgehead atoms. The Morgan fingerprint density at radius 3 is 2.70 bits per heavy atom. The first-order chi connectivity index (χ1) is 11.1. The normalized spacial score (nSPS) is 16.6. The van der Waals surface area contributed by atoms with Gasteiger partial charge in [0.05, 0.1) is 6.54 Å². The zero-order valence-electron chi connectivity index (χ0n) is 12.5. The van der Waals surface area contributed by atoms with Crippen molar-refractivity contribution in [2.75, 3.05) is 13.2 Å². The van der Waals surface area contributed by atoms with Crippen molar-refractivity contribution in [3.63, 3.8) is 0 Å². The van der Waals surface area contributed by atoms with E-state index in [0.717, 1.165) is 17.7 Å². The van der Waals surface area contributed by atoms with Crippen LogP contribution in [0, 0.1) is 5.92 Å². The van der Waals surface area contributed by atoms with Gasteiger partial charge in [0.25, 0.3) is 5.91 Å². The van der Waals surface area contributed by atoms with Crippen LogP contribution >= 0.6 is 22.9 Å². The van der Waals surface area contributed by atoms with E-state index in [2.05, 4.69) is 5.32 Å². The van der Waals surface area contributed by atoms with Gasteiger partial charge in [0.2, 0.25) is 0 Å². The van der Waals surface area contributed by atoms with Gasteiger partial charge in [-0.25, -0.2) is 0 Å². The first-order valence-corrected chi connectivity index (χ1v) is 8.75. The quantitative estimate of drug-likeness (QED) is 0.805. The van der Waals surface area contributed by atoms with E-state index in [9.17, 15) is 9.90 Å². The van der Waals surface area contributed by atoms with Crippen LogP contribution in [0.1, 0.15) is 17.7 Å². The zero-order valence-corrected chi connectivity index (χ0v) is 14.1. The molecule has 1 aromatic carbocycles. The number of rotatable bonds is 7. The van der Waals surface area contributed by atoms with Crippen LogP contribution in [-0.2, 0) is 10.4 Å². The van der Waals surface area contributed by atoms with E-state index in [1.165, 1.54) is 11.3 Å². The Balaban J connectivity index is 1.52. The Labute approximate surface area is 144 Å². The van der Waals surface area contributed by atoms with Crippen LogP contribution < -0.4 is 10.1 Å². The molecule has 1 amide bonds. The second-order valence-electron chi connectivity index (χ2n) is 5.70. The predicted molar refractivity (Wildman–Crippen MR) is 90.9 cm³/mol. The zero-order chi connectivity index (χ0) is 16.3. The Hall–Kier alpha value is -1.56. The van der Waals surface area contributed by atoms with E-state index in [1.54, 1.807) is 24.3 Å². The fourth-order valence-electron chi connectivity index (χ4n) is 2.48. The van der Waals surface area contributed by atoms with Gasteiger partial charge in [-0.05, 0) is 54.5 Å². The lowest BCUT2D eigenvalue weighted by Crippen LogP contribution is -2.43. The summed E-state index contributed by atoms with van der Waals surface area (Å²) in [6.45, 7) is 0.119. The molecule has 1 aliphatic rings. The second-order valence-corrected chi connectivity index (χ2v) is 7.08. The number of carbonyl (C=O) groups is 1. The van der Waals surface area contributed by atoms with Crippen LogP contribution in [0.2, 0.25) is 5.02 Å². The van der Waals surface area contributed by atoms with E-state index in [0.29, 0.717) is 10.8 Å². The smallest absolute Gasteiger partial charge is 0.258 e. The summed E-state index contributed by atoms with van der Waals surface area (Å²) >= 11 is 7.31. The van der Waals surface area contributed by atoms with Crippen LogP contribution in [0.4, 0.5) is 0 Å². The average Bonchev–Trinajstić information content (AvgIpc) is 3.27. The lowest BCUT2D eigenvalue weighted by Gasteiger charge is -2.27. The molecule has 0 spiro atoms.